The van der Waals surface area contributed by atoms with E-state index < -0.39 is 71.3 Å². The summed E-state index contributed by atoms with van der Waals surface area (Å²) in [5, 5.41) is 44.5. The lowest BCUT2D eigenvalue weighted by Gasteiger charge is -2.08. The van der Waals surface area contributed by atoms with E-state index in [-0.39, 0.29) is 68.0 Å². The molecule has 12 aromatic rings. The molecule has 12 rings (SSSR count). The number of carboxylic acid groups (broad SMARTS) is 5. The second-order valence-electron chi connectivity index (χ2n) is 22.4. The molecule has 534 valence electrons. The van der Waals surface area contributed by atoms with Crippen molar-refractivity contribution in [2.75, 3.05) is 18.1 Å². The maximum absolute atomic E-state index is 13.9. The van der Waals surface area contributed by atoms with Gasteiger partial charge in [0.2, 0.25) is 0 Å². The molecular formula is C79H69F4N5O16. The number of pyridine rings is 3. The Balaban J connectivity index is 0.000000200. The number of hydrogen-bond acceptors (Lipinski definition) is 13. The third-order valence-electron chi connectivity index (χ3n) is 14.7. The van der Waals surface area contributed by atoms with E-state index in [0.717, 1.165) is 11.1 Å². The van der Waals surface area contributed by atoms with Gasteiger partial charge in [-0.05, 0) is 138 Å². The summed E-state index contributed by atoms with van der Waals surface area (Å²) in [5.41, 5.74) is 17.8. The SMILES string of the molecule is C.CCOC(=O)CC(=O)c1ccccc1F.Nc1ccc(CC(=O)O)cc1.Nc1cccc(CC(=O)O)c1.O=C(O)Cc1ccc2[nH]c(-c3ccccc3F)cc(=O)c2c1.O=C(O)Cc1ccc2c(=O)cc(-c3ccccc3F)[nH]c2c1.O=C(O)Cc1cccc2[nH]c(-c3ccccc3F)cc(=O)c12. The van der Waals surface area contributed by atoms with Gasteiger partial charge in [0.25, 0.3) is 0 Å². The first-order valence-corrected chi connectivity index (χ1v) is 31.1. The van der Waals surface area contributed by atoms with Gasteiger partial charge in [-0.3, -0.25) is 47.9 Å². The highest BCUT2D eigenvalue weighted by atomic mass is 19.1. The Labute approximate surface area is 590 Å². The number of anilines is 2. The van der Waals surface area contributed by atoms with Gasteiger partial charge in [-0.1, -0.05) is 104 Å². The van der Waals surface area contributed by atoms with E-state index in [1.54, 1.807) is 171 Å². The highest BCUT2D eigenvalue weighted by Gasteiger charge is 2.17. The number of benzene rings is 9. The molecule has 0 spiro atoms. The molecule has 3 aromatic heterocycles. The first-order chi connectivity index (χ1) is 49.2. The number of nitrogens with two attached hydrogens (primary N) is 2. The van der Waals surface area contributed by atoms with Gasteiger partial charge in [-0.2, -0.15) is 0 Å². The van der Waals surface area contributed by atoms with Crippen LogP contribution in [-0.2, 0) is 65.6 Å². The Morgan fingerprint density at radius 2 is 0.808 bits per heavy atom. The standard InChI is InChI=1S/3C17H12FNO3.C11H11FO3.2C8H9NO2.CH4/c18-12-6-2-1-5-11(12)14-9-15(20)17-10(8-16(21)22)4-3-7-13(17)19-14;18-13-4-2-1-3-11(13)15-9-16(20)12-7-10(8-17(21)22)5-6-14(12)19-15;18-13-4-2-1-3-11(13)15-9-16(20)12-6-5-10(8-17(21)22)7-14(12)19-15;1-2-15-11(14)7-10(13)8-5-3-4-6-9(8)12;9-7-3-1-6(2-4-7)5-8(10)11;9-7-3-1-2-6(4-7)5-8(10)11;/h3*1-7,9H,8H2,(H,19,20)(H,21,22);3-6H,2,7H2,1H3;2*1-4H,5,9H2,(H,10,11);1H4. The Morgan fingerprint density at radius 1 is 0.385 bits per heavy atom. The fourth-order valence-electron chi connectivity index (χ4n) is 10.1. The number of ether oxygens (including phenoxy) is 1. The predicted molar refractivity (Wildman–Crippen MR) is 387 cm³/mol. The van der Waals surface area contributed by atoms with Crippen molar-refractivity contribution >= 4 is 85.7 Å². The van der Waals surface area contributed by atoms with Crippen LogP contribution < -0.4 is 27.8 Å². The number of nitrogens with one attached hydrogen (secondary N) is 3. The quantitative estimate of drug-likeness (QED) is 0.0133. The number of carbonyl (C=O) groups is 7. The van der Waals surface area contributed by atoms with Gasteiger partial charge in [0.15, 0.2) is 22.1 Å². The van der Waals surface area contributed by atoms with Crippen LogP contribution in [0.5, 0.6) is 0 Å². The molecule has 0 amide bonds. The number of carbonyl (C=O) groups excluding carboxylic acids is 2. The number of Topliss-reactive ketones (excluding diaryl/α,β-unsaturated/α-hetero) is 1. The molecule has 3 heterocycles. The summed E-state index contributed by atoms with van der Waals surface area (Å²) in [6.07, 6.45) is -0.855. The summed E-state index contributed by atoms with van der Waals surface area (Å²) < 4.78 is 59.2. The summed E-state index contributed by atoms with van der Waals surface area (Å²) in [7, 11) is 0. The molecular weight excluding hydrogens is 1350 g/mol. The molecule has 0 aliphatic rings. The topological polar surface area (TPSA) is 380 Å². The van der Waals surface area contributed by atoms with Crippen LogP contribution in [0.25, 0.3) is 66.5 Å². The van der Waals surface area contributed by atoms with Crippen molar-refractivity contribution in [2.45, 2.75) is 52.9 Å². The van der Waals surface area contributed by atoms with Crippen LogP contribution in [0.3, 0.4) is 0 Å². The molecule has 0 aliphatic carbocycles. The van der Waals surface area contributed by atoms with E-state index in [1.165, 1.54) is 54.6 Å². The van der Waals surface area contributed by atoms with Crippen molar-refractivity contribution in [1.82, 2.24) is 15.0 Å². The molecule has 0 saturated carbocycles. The number of carboxylic acids is 5. The summed E-state index contributed by atoms with van der Waals surface area (Å²) in [6, 6.07) is 56.2. The summed E-state index contributed by atoms with van der Waals surface area (Å²) in [4.78, 5) is 121. The van der Waals surface area contributed by atoms with Gasteiger partial charge in [-0.15, -0.1) is 0 Å². The van der Waals surface area contributed by atoms with Crippen molar-refractivity contribution in [3.05, 3.63) is 306 Å². The number of nitrogen functional groups attached to an aromatic ring is 2. The summed E-state index contributed by atoms with van der Waals surface area (Å²) in [5.74, 6) is -7.68. The first-order valence-electron chi connectivity index (χ1n) is 31.1. The molecule has 12 N–H and O–H groups in total. The second-order valence-corrected chi connectivity index (χ2v) is 22.4. The molecule has 0 saturated heterocycles. The number of aromatic amines is 3. The zero-order valence-corrected chi connectivity index (χ0v) is 54.6. The van der Waals surface area contributed by atoms with E-state index in [9.17, 15) is 65.5 Å². The van der Waals surface area contributed by atoms with Crippen LogP contribution in [0.15, 0.2) is 233 Å². The van der Waals surface area contributed by atoms with Gasteiger partial charge in [-0.25, -0.2) is 17.6 Å². The van der Waals surface area contributed by atoms with Crippen LogP contribution in [-0.4, -0.2) is 88.7 Å². The molecule has 25 heteroatoms. The van der Waals surface area contributed by atoms with Crippen LogP contribution in [0.1, 0.15) is 58.9 Å². The van der Waals surface area contributed by atoms with Gasteiger partial charge >= 0.3 is 35.8 Å². The first kappa shape index (κ1) is 79.4. The normalized spacial score (nSPS) is 10.2. The monoisotopic (exact) mass is 1420 g/mol. The highest BCUT2D eigenvalue weighted by Crippen LogP contribution is 2.26. The molecule has 9 aromatic carbocycles. The Bertz CT molecular complexity index is 5240. The third kappa shape index (κ3) is 23.5. The number of H-pyrrole nitrogens is 3. The molecule has 0 radical (unpaired) electrons. The number of esters is 1. The zero-order chi connectivity index (χ0) is 74.9. The minimum Gasteiger partial charge on any atom is -0.481 e. The Hall–Kier alpha value is -13.6. The number of hydrogen-bond donors (Lipinski definition) is 10. The second kappa shape index (κ2) is 38.1. The van der Waals surface area contributed by atoms with Crippen LogP contribution in [0.2, 0.25) is 0 Å². The van der Waals surface area contributed by atoms with E-state index in [1.807, 2.05) is 0 Å². The van der Waals surface area contributed by atoms with Gasteiger partial charge in [0, 0.05) is 67.9 Å². The predicted octanol–water partition coefficient (Wildman–Crippen LogP) is 13.3. The number of aromatic nitrogens is 3. The third-order valence-corrected chi connectivity index (χ3v) is 14.7. The Morgan fingerprint density at radius 3 is 1.31 bits per heavy atom. The van der Waals surface area contributed by atoms with E-state index in [4.69, 9.17) is 37.0 Å². The minimum absolute atomic E-state index is 0. The van der Waals surface area contributed by atoms with E-state index in [2.05, 4.69) is 19.7 Å². The van der Waals surface area contributed by atoms with Crippen molar-refractivity contribution in [3.8, 4) is 33.8 Å². The van der Waals surface area contributed by atoms with Gasteiger partial charge in [0.1, 0.15) is 29.7 Å². The number of ketones is 1. The Kier molecular flexibility index (Phi) is 29.1. The number of rotatable bonds is 17. The lowest BCUT2D eigenvalue weighted by Crippen LogP contribution is -2.12. The highest BCUT2D eigenvalue weighted by molar-refractivity contribution is 6.06. The smallest absolute Gasteiger partial charge is 0.313 e. The zero-order valence-electron chi connectivity index (χ0n) is 54.6. The van der Waals surface area contributed by atoms with Crippen LogP contribution in [0, 0.1) is 23.3 Å². The summed E-state index contributed by atoms with van der Waals surface area (Å²) in [6.45, 7) is 1.86. The number of fused-ring (bicyclic) bond motifs is 3. The molecule has 21 nitrogen and oxygen atoms in total. The van der Waals surface area contributed by atoms with Crippen LogP contribution in [0.4, 0.5) is 28.9 Å². The fourth-order valence-corrected chi connectivity index (χ4v) is 10.1. The van der Waals surface area contributed by atoms with E-state index >= 15 is 0 Å². The number of halogens is 4. The molecule has 0 fully saturated rings. The lowest BCUT2D eigenvalue weighted by atomic mass is 10.0. The maximum atomic E-state index is 13.9. The van der Waals surface area contributed by atoms with Crippen LogP contribution >= 0.6 is 0 Å². The summed E-state index contributed by atoms with van der Waals surface area (Å²) >= 11 is 0. The molecule has 0 bridgehead atoms. The van der Waals surface area contributed by atoms with Crippen molar-refractivity contribution in [3.63, 3.8) is 0 Å². The van der Waals surface area contributed by atoms with E-state index in [0.29, 0.717) is 94.5 Å². The van der Waals surface area contributed by atoms with Crippen molar-refractivity contribution in [2.24, 2.45) is 0 Å². The number of aliphatic carboxylic acids is 5. The van der Waals surface area contributed by atoms with Crippen molar-refractivity contribution in [1.29, 1.82) is 0 Å². The fraction of sp³-hybridized carbons (Fsp3) is 0.114. The maximum Gasteiger partial charge on any atom is 0.313 e. The lowest BCUT2D eigenvalue weighted by molar-refractivity contribution is -0.142. The molecule has 0 atom stereocenters. The largest absolute Gasteiger partial charge is 0.481 e. The molecule has 0 aliphatic heterocycles. The molecule has 104 heavy (non-hydrogen) atoms. The average Bonchev–Trinajstić information content (AvgIpc) is 0.796. The average molecular weight is 1420 g/mol. The van der Waals surface area contributed by atoms with Gasteiger partial charge in [0.05, 0.1) is 72.4 Å². The molecule has 0 unspecified atom stereocenters. The van der Waals surface area contributed by atoms with Crippen molar-refractivity contribution < 1.29 is 81.4 Å². The van der Waals surface area contributed by atoms with Gasteiger partial charge < -0.3 is 56.7 Å². The minimum atomic E-state index is -1.01.